The Kier molecular flexibility index (Phi) is 8.99. The van der Waals surface area contributed by atoms with Gasteiger partial charge in [-0.25, -0.2) is 14.0 Å². The van der Waals surface area contributed by atoms with E-state index in [1.54, 1.807) is 12.1 Å². The molecular weight excluding hydrogens is 558 g/mol. The molecule has 2 heterocycles. The second-order valence-electron chi connectivity index (χ2n) is 9.85. The summed E-state index contributed by atoms with van der Waals surface area (Å²) in [6.07, 6.45) is 5.14. The number of amides is 1. The number of oxazole rings is 1. The molecule has 0 radical (unpaired) electrons. The van der Waals surface area contributed by atoms with Crippen LogP contribution in [0.3, 0.4) is 0 Å². The predicted octanol–water partition coefficient (Wildman–Crippen LogP) is 5.13. The van der Waals surface area contributed by atoms with Crippen LogP contribution in [0, 0.1) is 0 Å². The molecule has 1 N–H and O–H groups in total. The summed E-state index contributed by atoms with van der Waals surface area (Å²) in [5, 5.41) is 3.25. The molecule has 2 aromatic heterocycles. The summed E-state index contributed by atoms with van der Waals surface area (Å²) in [5.74, 6) is -0.477. The number of hydrogen-bond donors (Lipinski definition) is 1. The number of unbranched alkanes of at least 4 members (excludes halogenated alkanes) is 2. The Labute approximate surface area is 244 Å². The highest BCUT2D eigenvalue weighted by Crippen LogP contribution is 2.35. The van der Waals surface area contributed by atoms with Crippen LogP contribution < -0.4 is 4.57 Å². The standard InChI is InChI=1S/C31H29N3O7S/c1-33(28(36)14-9-19-35)41-29(37)15-3-2-8-17-34-18-16-24(21-10-6-7-13-25(21)34)31-32-30-23-12-5-4-11-22(23)27(42(38)39)20-26(30)40-31/h4-7,10-13,16,18-20H,2-3,8-9,14-15,17H2,1H3/p+1. The van der Waals surface area contributed by atoms with Crippen LogP contribution in [0.1, 0.15) is 38.5 Å². The topological polar surface area (TPSA) is 131 Å². The second kappa shape index (κ2) is 13.0. The quantitative estimate of drug-likeness (QED) is 0.0739. The molecule has 3 aromatic carbocycles. The van der Waals surface area contributed by atoms with E-state index in [9.17, 15) is 23.1 Å². The van der Waals surface area contributed by atoms with E-state index < -0.39 is 23.0 Å². The number of rotatable bonds is 11. The first-order valence-electron chi connectivity index (χ1n) is 13.6. The molecule has 5 rings (SSSR count). The predicted molar refractivity (Wildman–Crippen MR) is 156 cm³/mol. The van der Waals surface area contributed by atoms with Gasteiger partial charge in [-0.2, -0.15) is 9.63 Å². The van der Waals surface area contributed by atoms with Crippen molar-refractivity contribution in [2.45, 2.75) is 50.0 Å². The smallest absolute Gasteiger partial charge is 0.332 e. The number of aryl methyl sites for hydroxylation is 1. The van der Waals surface area contributed by atoms with E-state index >= 15 is 0 Å². The third-order valence-electron chi connectivity index (χ3n) is 7.05. The number of carbonyl (C=O) groups excluding carboxylic acids is 3. The van der Waals surface area contributed by atoms with Crippen LogP contribution in [0.5, 0.6) is 0 Å². The summed E-state index contributed by atoms with van der Waals surface area (Å²) in [6.45, 7) is 0.726. The zero-order valence-electron chi connectivity index (χ0n) is 23.0. The summed E-state index contributed by atoms with van der Waals surface area (Å²) < 4.78 is 30.1. The van der Waals surface area contributed by atoms with Crippen molar-refractivity contribution < 1.29 is 37.0 Å². The normalized spacial score (nSPS) is 12.0. The number of carbonyl (C=O) groups is 3. The maximum atomic E-state index is 12.1. The molecule has 216 valence electrons. The van der Waals surface area contributed by atoms with Crippen molar-refractivity contribution in [2.75, 3.05) is 7.05 Å². The van der Waals surface area contributed by atoms with Crippen LogP contribution in [0.15, 0.2) is 76.2 Å². The van der Waals surface area contributed by atoms with Gasteiger partial charge in [-0.05, 0) is 18.9 Å². The number of hydroxylamine groups is 2. The average molecular weight is 589 g/mol. The zero-order valence-corrected chi connectivity index (χ0v) is 23.8. The van der Waals surface area contributed by atoms with Crippen molar-refractivity contribution >= 4 is 62.0 Å². The number of nitrogens with zero attached hydrogens (tertiary/aromatic N) is 3. The van der Waals surface area contributed by atoms with Crippen molar-refractivity contribution in [3.05, 3.63) is 66.9 Å². The summed E-state index contributed by atoms with van der Waals surface area (Å²) >= 11 is -2.18. The van der Waals surface area contributed by atoms with Crippen molar-refractivity contribution in [3.63, 3.8) is 0 Å². The molecule has 0 saturated heterocycles. The number of para-hydroxylation sites is 1. The molecule has 1 atom stereocenters. The molecule has 10 nitrogen and oxygen atoms in total. The first-order valence-corrected chi connectivity index (χ1v) is 14.7. The Balaban J connectivity index is 1.29. The van der Waals surface area contributed by atoms with Gasteiger partial charge in [0.1, 0.15) is 18.3 Å². The summed E-state index contributed by atoms with van der Waals surface area (Å²) in [7, 11) is 1.37. The fourth-order valence-electron chi connectivity index (χ4n) is 4.97. The van der Waals surface area contributed by atoms with E-state index in [4.69, 9.17) is 14.2 Å². The first kappa shape index (κ1) is 29.0. The Bertz CT molecular complexity index is 1820. The minimum Gasteiger partial charge on any atom is -0.436 e. The van der Waals surface area contributed by atoms with Crippen LogP contribution in [0.4, 0.5) is 0 Å². The summed E-state index contributed by atoms with van der Waals surface area (Å²) in [6, 6.07) is 18.8. The van der Waals surface area contributed by atoms with Gasteiger partial charge < -0.3 is 18.6 Å². The van der Waals surface area contributed by atoms with Crippen molar-refractivity contribution in [3.8, 4) is 11.5 Å². The van der Waals surface area contributed by atoms with Crippen molar-refractivity contribution in [1.29, 1.82) is 0 Å². The lowest BCUT2D eigenvalue weighted by Crippen LogP contribution is -2.34. The van der Waals surface area contributed by atoms with Gasteiger partial charge in [0.15, 0.2) is 22.9 Å². The van der Waals surface area contributed by atoms with Crippen LogP contribution in [-0.2, 0) is 36.8 Å². The van der Waals surface area contributed by atoms with E-state index in [1.165, 1.54) is 7.05 Å². The van der Waals surface area contributed by atoms with Crippen LogP contribution in [0.2, 0.25) is 0 Å². The molecule has 42 heavy (non-hydrogen) atoms. The molecule has 0 saturated carbocycles. The van der Waals surface area contributed by atoms with Gasteiger partial charge in [-0.15, -0.1) is 0 Å². The van der Waals surface area contributed by atoms with Crippen LogP contribution in [-0.4, -0.2) is 44.0 Å². The molecule has 11 heteroatoms. The van der Waals surface area contributed by atoms with Gasteiger partial charge >= 0.3 is 5.97 Å². The molecular formula is C31H30N3O7S+. The van der Waals surface area contributed by atoms with Crippen LogP contribution >= 0.6 is 0 Å². The van der Waals surface area contributed by atoms with Gasteiger partial charge in [-0.3, -0.25) is 4.79 Å². The molecule has 1 unspecified atom stereocenters. The molecule has 0 aliphatic rings. The number of pyridine rings is 1. The molecule has 1 amide bonds. The monoisotopic (exact) mass is 588 g/mol. The number of aromatic nitrogens is 2. The number of fused-ring (bicyclic) bond motifs is 4. The van der Waals surface area contributed by atoms with Gasteiger partial charge in [-0.1, -0.05) is 36.4 Å². The number of aldehydes is 1. The van der Waals surface area contributed by atoms with E-state index in [1.807, 2.05) is 54.7 Å². The maximum Gasteiger partial charge on any atom is 0.332 e. The van der Waals surface area contributed by atoms with Gasteiger partial charge in [0.2, 0.25) is 11.4 Å². The highest BCUT2D eigenvalue weighted by molar-refractivity contribution is 7.79. The summed E-state index contributed by atoms with van der Waals surface area (Å²) in [5.41, 5.74) is 2.88. The van der Waals surface area contributed by atoms with E-state index in [2.05, 4.69) is 4.57 Å². The Morgan fingerprint density at radius 3 is 2.52 bits per heavy atom. The minimum absolute atomic E-state index is 0.00728. The second-order valence-corrected chi connectivity index (χ2v) is 10.8. The SMILES string of the molecule is CN(OC(=O)CCCCC[n+]1ccc(-c2nc3c(cc(S(=O)O)c4ccccc43)o2)c2ccccc21)C(=O)CCC=O. The highest BCUT2D eigenvalue weighted by Gasteiger charge is 2.20. The van der Waals surface area contributed by atoms with Gasteiger partial charge in [0, 0.05) is 61.7 Å². The highest BCUT2D eigenvalue weighted by atomic mass is 32.2. The molecule has 0 bridgehead atoms. The summed E-state index contributed by atoms with van der Waals surface area (Å²) in [4.78, 5) is 44.4. The fourth-order valence-corrected chi connectivity index (χ4v) is 5.54. The molecule has 0 aliphatic carbocycles. The minimum atomic E-state index is -2.18. The lowest BCUT2D eigenvalue weighted by molar-refractivity contribution is -0.671. The molecule has 0 spiro atoms. The van der Waals surface area contributed by atoms with Gasteiger partial charge in [0.05, 0.1) is 15.8 Å². The van der Waals surface area contributed by atoms with Crippen molar-refractivity contribution in [2.24, 2.45) is 0 Å². The number of benzene rings is 3. The van der Waals surface area contributed by atoms with Gasteiger partial charge in [0.25, 0.3) is 5.91 Å². The maximum absolute atomic E-state index is 12.1. The number of hydrogen-bond acceptors (Lipinski definition) is 7. The van der Waals surface area contributed by atoms with E-state index in [-0.39, 0.29) is 24.2 Å². The fraction of sp³-hybridized carbons (Fsp3) is 0.258. The van der Waals surface area contributed by atoms with Crippen molar-refractivity contribution in [1.82, 2.24) is 10.0 Å². The zero-order chi connectivity index (χ0) is 29.6. The molecule has 0 aliphatic heterocycles. The van der Waals surface area contributed by atoms with E-state index in [0.29, 0.717) is 35.1 Å². The first-order chi connectivity index (χ1) is 20.4. The lowest BCUT2D eigenvalue weighted by Gasteiger charge is -2.15. The largest absolute Gasteiger partial charge is 0.436 e. The Morgan fingerprint density at radius 2 is 1.76 bits per heavy atom. The molecule has 0 fully saturated rings. The Hall–Kier alpha value is -4.48. The lowest BCUT2D eigenvalue weighted by atomic mass is 10.1. The molecule has 5 aromatic rings. The third kappa shape index (κ3) is 6.22. The third-order valence-corrected chi connectivity index (χ3v) is 7.77. The van der Waals surface area contributed by atoms with E-state index in [0.717, 1.165) is 46.3 Å². The average Bonchev–Trinajstić information content (AvgIpc) is 3.43. The van der Waals surface area contributed by atoms with Crippen LogP contribution in [0.25, 0.3) is 44.2 Å². The Morgan fingerprint density at radius 1 is 1.02 bits per heavy atom.